The molecule has 0 saturated heterocycles. The molecule has 33 aliphatic heterocycles. The quantitative estimate of drug-likeness (QED) is 0.0786. The number of amides is 12. The lowest BCUT2D eigenvalue weighted by Gasteiger charge is -2.46. The minimum Gasteiger partial charge on any atom is -0.274 e. The van der Waals surface area contributed by atoms with Crippen LogP contribution in [0.25, 0.3) is 64.6 Å². The van der Waals surface area contributed by atoms with Crippen molar-refractivity contribution in [2.24, 2.45) is 5.92 Å². The van der Waals surface area contributed by atoms with Gasteiger partial charge in [-0.1, -0.05) is 62.8 Å². The first-order valence-electron chi connectivity index (χ1n) is 30.9. The monoisotopic (exact) mass is 1180 g/mol. The van der Waals surface area contributed by atoms with Crippen LogP contribution < -0.4 is 0 Å². The third-order valence-corrected chi connectivity index (χ3v) is 22.0. The average Bonchev–Trinajstić information content (AvgIpc) is 0.722. The summed E-state index contributed by atoms with van der Waals surface area (Å²) in [6.07, 6.45) is 5.62. The van der Waals surface area contributed by atoms with Crippen molar-refractivity contribution in [2.75, 3.05) is 6.54 Å². The van der Waals surface area contributed by atoms with E-state index in [1.807, 2.05) is 24.3 Å². The molecule has 0 N–H and O–H groups in total. The van der Waals surface area contributed by atoms with E-state index in [2.05, 4.69) is 0 Å². The van der Waals surface area contributed by atoms with Gasteiger partial charge in [-0.2, -0.15) is 0 Å². The fourth-order valence-corrected chi connectivity index (χ4v) is 18.2. The third kappa shape index (κ3) is 6.06. The van der Waals surface area contributed by atoms with E-state index >= 15 is 47.9 Å². The number of hydrogen-bond acceptors (Lipinski definition) is 12. The Morgan fingerprint density at radius 1 is 0.213 bits per heavy atom. The lowest BCUT2D eigenvalue weighted by Crippen LogP contribution is -2.61. The van der Waals surface area contributed by atoms with Crippen LogP contribution in [0.4, 0.5) is 0 Å². The predicted molar refractivity (Wildman–Crippen MR) is 321 cm³/mol. The third-order valence-electron chi connectivity index (χ3n) is 22.0. The molecule has 3 fully saturated rings. The zero-order chi connectivity index (χ0) is 60.2. The Morgan fingerprint density at radius 3 is 0.663 bits per heavy atom. The summed E-state index contributed by atoms with van der Waals surface area (Å²) in [6.45, 7) is -0.128. The summed E-state index contributed by atoms with van der Waals surface area (Å²) in [7, 11) is 0. The lowest BCUT2D eigenvalue weighted by molar-refractivity contribution is 0.0238. The smallest absolute Gasteiger partial charge is 0.261 e. The van der Waals surface area contributed by atoms with Crippen LogP contribution in [0.5, 0.6) is 0 Å². The molecule has 36 aliphatic rings. The summed E-state index contributed by atoms with van der Waals surface area (Å²) < 4.78 is 0. The van der Waals surface area contributed by atoms with E-state index in [9.17, 15) is 9.59 Å². The number of imide groups is 6. The van der Waals surface area contributed by atoms with Gasteiger partial charge in [0.05, 0.1) is 24.2 Å². The molecule has 89 heavy (non-hydrogen) atoms. The molecule has 0 radical (unpaired) electrons. The molecule has 3 saturated carbocycles. The Morgan fingerprint density at radius 2 is 0.404 bits per heavy atom. The molecular weight excluding hydrogens is 1130 g/mol. The van der Waals surface area contributed by atoms with Crippen molar-refractivity contribution in [3.8, 4) is 0 Å². The van der Waals surface area contributed by atoms with Crippen LogP contribution in [-0.4, -0.2) is 137 Å². The largest absolute Gasteiger partial charge is 0.274 e. The Kier molecular flexibility index (Phi) is 9.83. The first-order chi connectivity index (χ1) is 43.2. The van der Waals surface area contributed by atoms with Gasteiger partial charge in [0.1, 0.15) is 0 Å². The number of benzene rings is 9. The summed E-state index contributed by atoms with van der Waals surface area (Å²) in [5, 5.41) is 5.58. The maximum Gasteiger partial charge on any atom is 0.261 e. The van der Waals surface area contributed by atoms with E-state index in [1.165, 1.54) is 58.3 Å². The first kappa shape index (κ1) is 50.8. The zero-order valence-electron chi connectivity index (χ0n) is 47.5. The molecule has 0 spiro atoms. The maximum atomic E-state index is 15.4. The fourth-order valence-electron chi connectivity index (χ4n) is 18.2. The molecule has 0 unspecified atom stereocenters. The number of nitrogens with zero attached hydrogens (tertiary/aromatic N) is 6. The van der Waals surface area contributed by atoms with Gasteiger partial charge in [0, 0.05) is 112 Å². The number of carbonyl (C=O) groups excluding carboxylic acids is 12. The highest BCUT2D eigenvalue weighted by Gasteiger charge is 2.53. The van der Waals surface area contributed by atoms with Gasteiger partial charge in [-0.15, -0.1) is 0 Å². The van der Waals surface area contributed by atoms with Crippen molar-refractivity contribution < 1.29 is 57.5 Å². The van der Waals surface area contributed by atoms with Crippen LogP contribution in [0.3, 0.4) is 0 Å². The minimum atomic E-state index is -1.01. The molecule has 6 atom stereocenters. The van der Waals surface area contributed by atoms with Crippen molar-refractivity contribution in [1.29, 1.82) is 0 Å². The second kappa shape index (κ2) is 17.2. The van der Waals surface area contributed by atoms with Crippen LogP contribution >= 0.6 is 0 Å². The molecule has 9 aromatic carbocycles. The first-order valence-corrected chi connectivity index (χ1v) is 30.9. The molecule has 0 aromatic heterocycles. The van der Waals surface area contributed by atoms with Gasteiger partial charge in [0.2, 0.25) is 0 Å². The van der Waals surface area contributed by atoms with Gasteiger partial charge < -0.3 is 0 Å². The van der Waals surface area contributed by atoms with Crippen molar-refractivity contribution in [2.45, 2.75) is 107 Å². The molecule has 33 heterocycles. The lowest BCUT2D eigenvalue weighted by atomic mass is 9.79. The molecule has 18 nitrogen and oxygen atoms in total. The van der Waals surface area contributed by atoms with Crippen LogP contribution in [0.2, 0.25) is 0 Å². The summed E-state index contributed by atoms with van der Waals surface area (Å²) in [6, 6.07) is 21.4. The summed E-state index contributed by atoms with van der Waals surface area (Å²) in [4.78, 5) is 190. The van der Waals surface area contributed by atoms with E-state index in [0.29, 0.717) is 112 Å². The van der Waals surface area contributed by atoms with Gasteiger partial charge in [0.15, 0.2) is 0 Å². The van der Waals surface area contributed by atoms with Crippen molar-refractivity contribution in [1.82, 2.24) is 29.4 Å². The van der Waals surface area contributed by atoms with E-state index < -0.39 is 107 Å². The van der Waals surface area contributed by atoms with Crippen LogP contribution in [0.15, 0.2) is 97.1 Å². The Balaban J connectivity index is 0.790. The predicted octanol–water partition coefficient (Wildman–Crippen LogP) is 10.2. The summed E-state index contributed by atoms with van der Waals surface area (Å²) >= 11 is 0. The van der Waals surface area contributed by atoms with Crippen molar-refractivity contribution in [3.05, 3.63) is 164 Å². The summed E-state index contributed by atoms with van der Waals surface area (Å²) in [5.74, 6) is -8.33. The van der Waals surface area contributed by atoms with Gasteiger partial charge in [-0.25, -0.2) is 0 Å². The molecule has 12 amide bonds. The molecule has 3 aliphatic carbocycles. The second-order valence-electron chi connectivity index (χ2n) is 25.9. The highest BCUT2D eigenvalue weighted by molar-refractivity contribution is 6.42. The second-order valence-corrected chi connectivity index (χ2v) is 25.9. The Bertz CT molecular complexity index is 4900. The number of rotatable bonds is 0. The van der Waals surface area contributed by atoms with Crippen molar-refractivity contribution >= 4 is 136 Å². The molecule has 45 rings (SSSR count). The molecule has 30 bridgehead atoms. The van der Waals surface area contributed by atoms with Gasteiger partial charge in [0.25, 0.3) is 70.9 Å². The van der Waals surface area contributed by atoms with Crippen molar-refractivity contribution in [3.63, 3.8) is 0 Å². The average molecular weight is 1180 g/mol. The summed E-state index contributed by atoms with van der Waals surface area (Å²) in [5.41, 5.74) is 1.68. The fraction of sp³-hybridized carbons (Fsp3) is 0.268. The Labute approximate surface area is 503 Å². The standard InChI is InChI=1S/C71H48N6O12/c78-60-35-21-23-41-57-42-24-22-36(54(35)57)61(79)72(60)29-30-7-1-2-8-47(30)73-62(80)37-17-13-31-33-15-19-39-56-40(20-16-34(53(33)56)32-14-18-38(63(73)81)55(37)52(31)32)65(83)74(64(39)82)48-9-3-4-10-49(48)76-68(86)43-25-27-45-59-46(28-26-44(58(43)59)69(76)87)71(89)77(70(45)88)51-12-6-5-11-50(51)75(66(41)84)67(42)85/h13-28,30,47-51H,1-12,29H2/t30-,47+,48+,49+,50+,51+/m0/s1. The molecule has 18 heteroatoms. The number of carbonyl (C=O) groups is 12. The number of hydrogen-bond donors (Lipinski definition) is 0. The Hall–Kier alpha value is -10.4. The normalized spacial score (nSPS) is 24.6. The SMILES string of the molecule is O=C1c2ccc3c4c5ccc(c24)C(=O)N1C[C@@H]1CCCC[C@H]1N1C(=O)c2ccc4c6ccc7c8c(ccc(c9ccc(c2c49)C1=O)c86)C(=O)N(C7=O)[C@@H]1CCCC[C@H]1N1C(=O)c2ccc4c6c(ccc(c26)C1=O)C(=O)N(C4=O)[C@@H]1CCCC[C@H]1N(C3=O)C5=O. The van der Waals surface area contributed by atoms with Gasteiger partial charge in [-0.05, 0) is 150 Å². The maximum absolute atomic E-state index is 15.4. The van der Waals surface area contributed by atoms with E-state index in [1.54, 1.807) is 24.3 Å². The highest BCUT2D eigenvalue weighted by Crippen LogP contribution is 2.50. The topological polar surface area (TPSA) is 224 Å². The van der Waals surface area contributed by atoms with Gasteiger partial charge in [-0.3, -0.25) is 86.9 Å². The van der Waals surface area contributed by atoms with Gasteiger partial charge >= 0.3 is 0 Å². The van der Waals surface area contributed by atoms with E-state index in [4.69, 9.17) is 0 Å². The van der Waals surface area contributed by atoms with Crippen LogP contribution in [0, 0.1) is 5.92 Å². The van der Waals surface area contributed by atoms with Crippen LogP contribution in [0.1, 0.15) is 201 Å². The van der Waals surface area contributed by atoms with E-state index in [-0.39, 0.29) is 103 Å². The zero-order valence-corrected chi connectivity index (χ0v) is 47.5. The molecule has 434 valence electrons. The van der Waals surface area contributed by atoms with E-state index in [0.717, 1.165) is 19.6 Å². The molecular formula is C71H48N6O12. The highest BCUT2D eigenvalue weighted by atomic mass is 16.2. The van der Waals surface area contributed by atoms with Crippen LogP contribution in [-0.2, 0) is 0 Å². The minimum absolute atomic E-state index is 0.0511. The molecule has 9 aromatic rings.